The van der Waals surface area contributed by atoms with Crippen molar-refractivity contribution < 1.29 is 4.42 Å². The molecular formula is C39H25N3O. The molecule has 2 aromatic heterocycles. The summed E-state index contributed by atoms with van der Waals surface area (Å²) in [6.07, 6.45) is 3.76. The van der Waals surface area contributed by atoms with Crippen LogP contribution in [0, 0.1) is 0 Å². The fourth-order valence-electron chi connectivity index (χ4n) is 5.93. The second-order valence-electron chi connectivity index (χ2n) is 10.5. The van der Waals surface area contributed by atoms with Crippen LogP contribution < -0.4 is 0 Å². The van der Waals surface area contributed by atoms with Gasteiger partial charge in [0.15, 0.2) is 0 Å². The molecule has 0 saturated carbocycles. The molecule has 8 rings (SSSR count). The lowest BCUT2D eigenvalue weighted by molar-refractivity contribution is 0.584. The summed E-state index contributed by atoms with van der Waals surface area (Å²) < 4.78 is 6.12. The normalized spacial score (nSPS) is 11.3. The molecule has 0 unspecified atom stereocenters. The highest BCUT2D eigenvalue weighted by Gasteiger charge is 2.17. The summed E-state index contributed by atoms with van der Waals surface area (Å²) in [5.41, 5.74) is 8.74. The van der Waals surface area contributed by atoms with E-state index in [1.165, 1.54) is 38.2 Å². The van der Waals surface area contributed by atoms with Gasteiger partial charge in [-0.25, -0.2) is 0 Å². The first-order chi connectivity index (χ1) is 21.3. The predicted octanol–water partition coefficient (Wildman–Crippen LogP) is 10.1. The topological polar surface area (TPSA) is 51.8 Å². The fourth-order valence-corrected chi connectivity index (χ4v) is 5.93. The molecule has 0 amide bonds. The van der Waals surface area contributed by atoms with Gasteiger partial charge in [0, 0.05) is 29.1 Å². The van der Waals surface area contributed by atoms with E-state index in [1.54, 1.807) is 0 Å². The lowest BCUT2D eigenvalue weighted by Gasteiger charge is -2.17. The van der Waals surface area contributed by atoms with Crippen molar-refractivity contribution in [1.29, 1.82) is 0 Å². The molecule has 4 heteroatoms. The zero-order valence-electron chi connectivity index (χ0n) is 23.2. The van der Waals surface area contributed by atoms with E-state index >= 15 is 0 Å². The average molecular weight is 552 g/mol. The van der Waals surface area contributed by atoms with Crippen LogP contribution in [0.3, 0.4) is 0 Å². The first-order valence-corrected chi connectivity index (χ1v) is 14.3. The number of benzene rings is 6. The summed E-state index contributed by atoms with van der Waals surface area (Å²) in [5, 5.41) is 13.5. The molecule has 202 valence electrons. The molecular weight excluding hydrogens is 526 g/mol. The van der Waals surface area contributed by atoms with Crippen molar-refractivity contribution in [3.63, 3.8) is 0 Å². The highest BCUT2D eigenvalue weighted by molar-refractivity contribution is 6.21. The first kappa shape index (κ1) is 24.9. The largest absolute Gasteiger partial charge is 0.416 e. The van der Waals surface area contributed by atoms with Crippen molar-refractivity contribution in [3.05, 3.63) is 152 Å². The highest BCUT2D eigenvalue weighted by Crippen LogP contribution is 2.43. The quantitative estimate of drug-likeness (QED) is 0.200. The van der Waals surface area contributed by atoms with Crippen LogP contribution in [0.4, 0.5) is 0 Å². The standard InChI is InChI=1S/C39H25N3O/c1-2-9-26(10-3-1)27-16-20-29(21-17-27)38-41-42-39(43-38)30-22-18-28(19-23-30)36-32-12-4-6-14-34(32)37(31-11-8-24-40-25-31)35-15-7-5-13-33(35)36/h1-25H. The third-order valence-electron chi connectivity index (χ3n) is 7.97. The highest BCUT2D eigenvalue weighted by atomic mass is 16.4. The molecule has 0 spiro atoms. The average Bonchev–Trinajstić information content (AvgIpc) is 3.59. The van der Waals surface area contributed by atoms with Gasteiger partial charge in [0.05, 0.1) is 0 Å². The third-order valence-corrected chi connectivity index (χ3v) is 7.97. The minimum absolute atomic E-state index is 0.496. The van der Waals surface area contributed by atoms with Crippen LogP contribution in [0.15, 0.2) is 156 Å². The van der Waals surface area contributed by atoms with Gasteiger partial charge in [-0.1, -0.05) is 109 Å². The Balaban J connectivity index is 1.17. The molecule has 0 saturated heterocycles. The van der Waals surface area contributed by atoms with Crippen molar-refractivity contribution in [2.24, 2.45) is 0 Å². The molecule has 0 atom stereocenters. The van der Waals surface area contributed by atoms with Gasteiger partial charge in [-0.15, -0.1) is 10.2 Å². The Hall–Kier alpha value is -5.87. The van der Waals surface area contributed by atoms with Gasteiger partial charge < -0.3 is 4.42 Å². The van der Waals surface area contributed by atoms with Gasteiger partial charge in [0.25, 0.3) is 0 Å². The number of hydrogen-bond acceptors (Lipinski definition) is 4. The number of rotatable bonds is 5. The summed E-state index contributed by atoms with van der Waals surface area (Å²) in [6, 6.07) is 48.3. The Morgan fingerprint density at radius 2 is 0.767 bits per heavy atom. The predicted molar refractivity (Wildman–Crippen MR) is 174 cm³/mol. The number of aromatic nitrogens is 3. The monoisotopic (exact) mass is 551 g/mol. The maximum atomic E-state index is 6.12. The Morgan fingerprint density at radius 1 is 0.349 bits per heavy atom. The first-order valence-electron chi connectivity index (χ1n) is 14.3. The molecule has 0 aliphatic carbocycles. The van der Waals surface area contributed by atoms with Crippen molar-refractivity contribution in [2.75, 3.05) is 0 Å². The molecule has 0 N–H and O–H groups in total. The van der Waals surface area contributed by atoms with Crippen LogP contribution in [0.25, 0.3) is 77.8 Å². The summed E-state index contributed by atoms with van der Waals surface area (Å²) in [7, 11) is 0. The van der Waals surface area contributed by atoms with E-state index in [-0.39, 0.29) is 0 Å². The fraction of sp³-hybridized carbons (Fsp3) is 0. The van der Waals surface area contributed by atoms with E-state index in [2.05, 4.69) is 118 Å². The van der Waals surface area contributed by atoms with Crippen LogP contribution in [0.5, 0.6) is 0 Å². The number of pyridine rings is 1. The summed E-state index contributed by atoms with van der Waals surface area (Å²) in [4.78, 5) is 4.41. The van der Waals surface area contributed by atoms with E-state index in [9.17, 15) is 0 Å². The van der Waals surface area contributed by atoms with E-state index in [1.807, 2.05) is 48.8 Å². The Labute approximate surface area is 249 Å². The van der Waals surface area contributed by atoms with E-state index in [0.29, 0.717) is 11.8 Å². The lowest BCUT2D eigenvalue weighted by atomic mass is 9.86. The molecule has 43 heavy (non-hydrogen) atoms. The Kier molecular flexibility index (Phi) is 6.08. The van der Waals surface area contributed by atoms with Crippen LogP contribution in [0.1, 0.15) is 0 Å². The third kappa shape index (κ3) is 4.46. The molecule has 6 aromatic carbocycles. The second-order valence-corrected chi connectivity index (χ2v) is 10.5. The Bertz CT molecular complexity index is 2150. The number of hydrogen-bond donors (Lipinski definition) is 0. The zero-order valence-corrected chi connectivity index (χ0v) is 23.2. The summed E-state index contributed by atoms with van der Waals surface area (Å²) in [5.74, 6) is 0.997. The summed E-state index contributed by atoms with van der Waals surface area (Å²) >= 11 is 0. The van der Waals surface area contributed by atoms with Crippen LogP contribution in [-0.2, 0) is 0 Å². The van der Waals surface area contributed by atoms with Gasteiger partial charge in [-0.3, -0.25) is 4.98 Å². The molecule has 4 nitrogen and oxygen atoms in total. The molecule has 8 aromatic rings. The molecule has 0 bridgehead atoms. The van der Waals surface area contributed by atoms with Crippen LogP contribution in [0.2, 0.25) is 0 Å². The van der Waals surface area contributed by atoms with Crippen molar-refractivity contribution >= 4 is 21.5 Å². The minimum Gasteiger partial charge on any atom is -0.416 e. The number of nitrogens with zero attached hydrogens (tertiary/aromatic N) is 3. The maximum Gasteiger partial charge on any atom is 0.248 e. The van der Waals surface area contributed by atoms with Gasteiger partial charge in [0.1, 0.15) is 0 Å². The molecule has 0 aliphatic heterocycles. The van der Waals surface area contributed by atoms with E-state index in [0.717, 1.165) is 27.8 Å². The molecule has 2 heterocycles. The molecule has 0 radical (unpaired) electrons. The van der Waals surface area contributed by atoms with Crippen molar-refractivity contribution in [3.8, 4) is 56.3 Å². The van der Waals surface area contributed by atoms with Crippen LogP contribution >= 0.6 is 0 Å². The van der Waals surface area contributed by atoms with E-state index < -0.39 is 0 Å². The Morgan fingerprint density at radius 3 is 1.28 bits per heavy atom. The van der Waals surface area contributed by atoms with Crippen molar-refractivity contribution in [2.45, 2.75) is 0 Å². The summed E-state index contributed by atoms with van der Waals surface area (Å²) in [6.45, 7) is 0. The van der Waals surface area contributed by atoms with Gasteiger partial charge in [-0.2, -0.15) is 0 Å². The van der Waals surface area contributed by atoms with Crippen LogP contribution in [-0.4, -0.2) is 15.2 Å². The SMILES string of the molecule is c1ccc(-c2ccc(-c3nnc(-c4ccc(-c5c6ccccc6c(-c6cccnc6)c6ccccc56)cc4)o3)cc2)cc1. The smallest absolute Gasteiger partial charge is 0.248 e. The van der Waals surface area contributed by atoms with E-state index in [4.69, 9.17) is 4.42 Å². The van der Waals surface area contributed by atoms with Gasteiger partial charge in [-0.05, 0) is 79.7 Å². The van der Waals surface area contributed by atoms with Gasteiger partial charge in [0.2, 0.25) is 11.8 Å². The van der Waals surface area contributed by atoms with Gasteiger partial charge >= 0.3 is 0 Å². The maximum absolute atomic E-state index is 6.12. The second kappa shape index (κ2) is 10.5. The number of fused-ring (bicyclic) bond motifs is 2. The lowest BCUT2D eigenvalue weighted by Crippen LogP contribution is -1.91. The zero-order chi connectivity index (χ0) is 28.6. The molecule has 0 aliphatic rings. The van der Waals surface area contributed by atoms with Crippen molar-refractivity contribution in [1.82, 2.24) is 15.2 Å². The molecule has 0 fully saturated rings. The minimum atomic E-state index is 0.496.